The number of hydrogen-bond donors (Lipinski definition) is 2. The third-order valence-corrected chi connectivity index (χ3v) is 2.29. The molecule has 0 aliphatic heterocycles. The number of phenolic OH excluding ortho intramolecular Hbond substituents is 1. The molecule has 0 fully saturated rings. The lowest BCUT2D eigenvalue weighted by atomic mass is 10.1. The summed E-state index contributed by atoms with van der Waals surface area (Å²) in [5.74, 6) is 0.277. The minimum atomic E-state index is 0.157. The molecular weight excluding hydrogens is 176 g/mol. The summed E-state index contributed by atoms with van der Waals surface area (Å²) in [6, 6.07) is 11.3. The van der Waals surface area contributed by atoms with Crippen LogP contribution in [0.5, 0.6) is 5.75 Å². The SMILES string of the molecule is OCCc1ccc2ccc(O)cc2c1. The van der Waals surface area contributed by atoms with Crippen molar-refractivity contribution in [2.75, 3.05) is 6.61 Å². The molecule has 2 aromatic carbocycles. The Morgan fingerprint density at radius 1 is 0.929 bits per heavy atom. The highest BCUT2D eigenvalue weighted by Crippen LogP contribution is 2.21. The zero-order valence-corrected chi connectivity index (χ0v) is 7.77. The summed E-state index contributed by atoms with van der Waals surface area (Å²) >= 11 is 0. The van der Waals surface area contributed by atoms with Crippen LogP contribution < -0.4 is 0 Å². The molecule has 0 saturated carbocycles. The van der Waals surface area contributed by atoms with E-state index in [2.05, 4.69) is 0 Å². The summed E-state index contributed by atoms with van der Waals surface area (Å²) in [5.41, 5.74) is 1.09. The maximum absolute atomic E-state index is 9.30. The first-order valence-corrected chi connectivity index (χ1v) is 4.62. The molecule has 2 nitrogen and oxygen atoms in total. The Kier molecular flexibility index (Phi) is 2.37. The third-order valence-electron chi connectivity index (χ3n) is 2.29. The number of rotatable bonds is 2. The summed E-state index contributed by atoms with van der Waals surface area (Å²) in [7, 11) is 0. The topological polar surface area (TPSA) is 40.5 Å². The molecule has 0 spiro atoms. The van der Waals surface area contributed by atoms with Gasteiger partial charge in [0.15, 0.2) is 0 Å². The highest BCUT2D eigenvalue weighted by Gasteiger charge is 1.97. The van der Waals surface area contributed by atoms with Gasteiger partial charge in [-0.2, -0.15) is 0 Å². The minimum absolute atomic E-state index is 0.157. The Hall–Kier alpha value is -1.54. The molecule has 0 unspecified atom stereocenters. The first kappa shape index (κ1) is 9.03. The van der Waals surface area contributed by atoms with Gasteiger partial charge in [-0.25, -0.2) is 0 Å². The standard InChI is InChI=1S/C12H12O2/c13-6-5-9-1-2-10-3-4-12(14)8-11(10)7-9/h1-4,7-8,13-14H,5-6H2. The van der Waals surface area contributed by atoms with E-state index >= 15 is 0 Å². The van der Waals surface area contributed by atoms with Crippen LogP contribution in [-0.2, 0) is 6.42 Å². The number of fused-ring (bicyclic) bond motifs is 1. The van der Waals surface area contributed by atoms with Crippen molar-refractivity contribution < 1.29 is 10.2 Å². The number of aliphatic hydroxyl groups excluding tert-OH is 1. The molecule has 0 radical (unpaired) electrons. The molecule has 0 atom stereocenters. The van der Waals surface area contributed by atoms with Crippen molar-refractivity contribution in [3.63, 3.8) is 0 Å². The number of aromatic hydroxyl groups is 1. The molecule has 0 aromatic heterocycles. The Morgan fingerprint density at radius 3 is 2.50 bits per heavy atom. The van der Waals surface area contributed by atoms with E-state index < -0.39 is 0 Å². The van der Waals surface area contributed by atoms with Crippen LogP contribution in [0.1, 0.15) is 5.56 Å². The van der Waals surface area contributed by atoms with Crippen molar-refractivity contribution in [3.8, 4) is 5.75 Å². The molecule has 0 heterocycles. The first-order valence-electron chi connectivity index (χ1n) is 4.62. The minimum Gasteiger partial charge on any atom is -0.508 e. The van der Waals surface area contributed by atoms with E-state index in [1.807, 2.05) is 24.3 Å². The van der Waals surface area contributed by atoms with E-state index in [1.54, 1.807) is 12.1 Å². The van der Waals surface area contributed by atoms with Crippen molar-refractivity contribution in [1.29, 1.82) is 0 Å². The smallest absolute Gasteiger partial charge is 0.116 e. The predicted octanol–water partition coefficient (Wildman–Crippen LogP) is 2.08. The number of aliphatic hydroxyl groups is 1. The normalized spacial score (nSPS) is 10.6. The molecule has 2 aromatic rings. The molecule has 2 N–H and O–H groups in total. The zero-order valence-electron chi connectivity index (χ0n) is 7.77. The fourth-order valence-corrected chi connectivity index (χ4v) is 1.57. The van der Waals surface area contributed by atoms with Gasteiger partial charge in [-0.05, 0) is 34.9 Å². The largest absolute Gasteiger partial charge is 0.508 e. The van der Waals surface area contributed by atoms with Gasteiger partial charge in [-0.15, -0.1) is 0 Å². The van der Waals surface area contributed by atoms with Crippen molar-refractivity contribution >= 4 is 10.8 Å². The Morgan fingerprint density at radius 2 is 1.71 bits per heavy atom. The number of hydrogen-bond acceptors (Lipinski definition) is 2. The fraction of sp³-hybridized carbons (Fsp3) is 0.167. The number of phenols is 1. The van der Waals surface area contributed by atoms with E-state index in [4.69, 9.17) is 5.11 Å². The predicted molar refractivity (Wildman–Crippen MR) is 56.4 cm³/mol. The monoisotopic (exact) mass is 188 g/mol. The van der Waals surface area contributed by atoms with Crippen molar-refractivity contribution in [2.24, 2.45) is 0 Å². The molecule has 0 amide bonds. The Balaban J connectivity index is 2.52. The van der Waals surface area contributed by atoms with Crippen LogP contribution in [0.15, 0.2) is 36.4 Å². The number of benzene rings is 2. The highest BCUT2D eigenvalue weighted by atomic mass is 16.3. The lowest BCUT2D eigenvalue weighted by molar-refractivity contribution is 0.299. The van der Waals surface area contributed by atoms with Gasteiger partial charge < -0.3 is 10.2 Å². The third kappa shape index (κ3) is 1.70. The van der Waals surface area contributed by atoms with Crippen LogP contribution in [0, 0.1) is 0 Å². The quantitative estimate of drug-likeness (QED) is 0.757. The van der Waals surface area contributed by atoms with Crippen LogP contribution in [0.25, 0.3) is 10.8 Å². The van der Waals surface area contributed by atoms with Gasteiger partial charge in [0.1, 0.15) is 5.75 Å². The maximum Gasteiger partial charge on any atom is 0.116 e. The maximum atomic E-state index is 9.30. The average Bonchev–Trinajstić information content (AvgIpc) is 2.17. The summed E-state index contributed by atoms with van der Waals surface area (Å²) in [5, 5.41) is 20.2. The summed E-state index contributed by atoms with van der Waals surface area (Å²) < 4.78 is 0. The molecule has 14 heavy (non-hydrogen) atoms. The van der Waals surface area contributed by atoms with E-state index in [1.165, 1.54) is 0 Å². The molecule has 0 aliphatic rings. The first-order chi connectivity index (χ1) is 6.79. The zero-order chi connectivity index (χ0) is 9.97. The molecule has 0 aliphatic carbocycles. The molecule has 2 heteroatoms. The van der Waals surface area contributed by atoms with Crippen LogP contribution in [0.2, 0.25) is 0 Å². The van der Waals surface area contributed by atoms with Crippen molar-refractivity contribution in [2.45, 2.75) is 6.42 Å². The van der Waals surface area contributed by atoms with Crippen molar-refractivity contribution in [3.05, 3.63) is 42.0 Å². The van der Waals surface area contributed by atoms with Crippen LogP contribution in [-0.4, -0.2) is 16.8 Å². The average molecular weight is 188 g/mol. The molecule has 0 saturated heterocycles. The van der Waals surface area contributed by atoms with Gasteiger partial charge >= 0.3 is 0 Å². The van der Waals surface area contributed by atoms with Gasteiger partial charge in [0.2, 0.25) is 0 Å². The second-order valence-corrected chi connectivity index (χ2v) is 3.34. The second kappa shape index (κ2) is 3.68. The lowest BCUT2D eigenvalue weighted by Crippen LogP contribution is -1.89. The van der Waals surface area contributed by atoms with E-state index in [0.717, 1.165) is 16.3 Å². The summed E-state index contributed by atoms with van der Waals surface area (Å²) in [4.78, 5) is 0. The molecule has 72 valence electrons. The lowest BCUT2D eigenvalue weighted by Gasteiger charge is -2.02. The van der Waals surface area contributed by atoms with Gasteiger partial charge in [-0.1, -0.05) is 24.3 Å². The second-order valence-electron chi connectivity index (χ2n) is 3.34. The highest BCUT2D eigenvalue weighted by molar-refractivity contribution is 5.84. The van der Waals surface area contributed by atoms with Crippen LogP contribution >= 0.6 is 0 Å². The fourth-order valence-electron chi connectivity index (χ4n) is 1.57. The van der Waals surface area contributed by atoms with Gasteiger partial charge in [0, 0.05) is 6.61 Å². The summed E-state index contributed by atoms with van der Waals surface area (Å²) in [6.07, 6.45) is 0.658. The van der Waals surface area contributed by atoms with Crippen LogP contribution in [0.4, 0.5) is 0 Å². The summed E-state index contributed by atoms with van der Waals surface area (Å²) in [6.45, 7) is 0.157. The van der Waals surface area contributed by atoms with Gasteiger partial charge in [-0.3, -0.25) is 0 Å². The Bertz CT molecular complexity index is 449. The molecule has 0 bridgehead atoms. The molecular formula is C12H12O2. The van der Waals surface area contributed by atoms with E-state index in [-0.39, 0.29) is 12.4 Å². The van der Waals surface area contributed by atoms with E-state index in [9.17, 15) is 5.11 Å². The van der Waals surface area contributed by atoms with Crippen molar-refractivity contribution in [1.82, 2.24) is 0 Å². The van der Waals surface area contributed by atoms with Gasteiger partial charge in [0.25, 0.3) is 0 Å². The molecule has 2 rings (SSSR count). The van der Waals surface area contributed by atoms with Crippen LogP contribution in [0.3, 0.4) is 0 Å². The van der Waals surface area contributed by atoms with E-state index in [0.29, 0.717) is 6.42 Å². The van der Waals surface area contributed by atoms with Gasteiger partial charge in [0.05, 0.1) is 0 Å². The Labute approximate surface area is 82.4 Å².